The number of para-hydroxylation sites is 1. The van der Waals surface area contributed by atoms with Crippen molar-refractivity contribution in [2.45, 2.75) is 52.9 Å². The first-order chi connectivity index (χ1) is 11.7. The number of hydrogen-bond acceptors (Lipinski definition) is 3. The van der Waals surface area contributed by atoms with Crippen LogP contribution in [0.2, 0.25) is 0 Å². The third kappa shape index (κ3) is 2.50. The highest BCUT2D eigenvalue weighted by molar-refractivity contribution is 7.17. The molecule has 0 bridgehead atoms. The Bertz CT molecular complexity index is 962. The summed E-state index contributed by atoms with van der Waals surface area (Å²) in [4.78, 5) is 7.51. The van der Waals surface area contributed by atoms with Gasteiger partial charge in [-0.25, -0.2) is 4.98 Å². The number of methoxy groups -OCH3 is 1. The Labute approximate surface area is 153 Å². The van der Waals surface area contributed by atoms with E-state index in [0.29, 0.717) is 5.41 Å². The number of nitrogens with zero attached hydrogens (tertiary/aromatic N) is 2. The molecule has 1 aromatic carbocycles. The summed E-state index contributed by atoms with van der Waals surface area (Å²) < 4.78 is 8.04. The molecule has 0 atom stereocenters. The third-order valence-corrected chi connectivity index (χ3v) is 6.74. The van der Waals surface area contributed by atoms with Gasteiger partial charge in [0.2, 0.25) is 0 Å². The fourth-order valence-corrected chi connectivity index (χ4v) is 6.00. The molecule has 0 spiro atoms. The number of imidazole rings is 1. The molecule has 3 aromatic rings. The van der Waals surface area contributed by atoms with Gasteiger partial charge in [-0.05, 0) is 37.3 Å². The van der Waals surface area contributed by atoms with Crippen molar-refractivity contribution in [1.29, 1.82) is 0 Å². The Hall–Kier alpha value is -1.81. The second kappa shape index (κ2) is 5.34. The monoisotopic (exact) mass is 354 g/mol. The standard InChI is InChI=1S/C21H26N2OS/c1-13-17(14-9-7-8-10-16(14)24-6)23-15-11-20(2,3)12-21(4,5)18(15)25-19(23)22-13/h7-10H,11-12H2,1-6H3. The minimum Gasteiger partial charge on any atom is -0.496 e. The summed E-state index contributed by atoms with van der Waals surface area (Å²) >= 11 is 1.86. The highest BCUT2D eigenvalue weighted by atomic mass is 32.1. The molecule has 0 amide bonds. The summed E-state index contributed by atoms with van der Waals surface area (Å²) in [6.07, 6.45) is 2.29. The Morgan fingerprint density at radius 2 is 1.88 bits per heavy atom. The van der Waals surface area contributed by atoms with Crippen molar-refractivity contribution in [2.75, 3.05) is 7.11 Å². The summed E-state index contributed by atoms with van der Waals surface area (Å²) in [5.41, 5.74) is 5.28. The van der Waals surface area contributed by atoms with Gasteiger partial charge in [-0.3, -0.25) is 4.40 Å². The van der Waals surface area contributed by atoms with E-state index < -0.39 is 0 Å². The van der Waals surface area contributed by atoms with E-state index in [-0.39, 0.29) is 5.41 Å². The maximum Gasteiger partial charge on any atom is 0.194 e. The molecular weight excluding hydrogens is 328 g/mol. The van der Waals surface area contributed by atoms with Crippen molar-refractivity contribution in [3.63, 3.8) is 0 Å². The number of benzene rings is 1. The number of thiazole rings is 1. The number of rotatable bonds is 2. The highest BCUT2D eigenvalue weighted by Gasteiger charge is 2.41. The summed E-state index contributed by atoms with van der Waals surface area (Å²) in [5.74, 6) is 0.904. The lowest BCUT2D eigenvalue weighted by molar-refractivity contribution is 0.231. The van der Waals surface area contributed by atoms with E-state index in [9.17, 15) is 0 Å². The van der Waals surface area contributed by atoms with E-state index in [1.54, 1.807) is 7.11 Å². The van der Waals surface area contributed by atoms with Gasteiger partial charge in [0.1, 0.15) is 5.75 Å². The molecule has 0 saturated heterocycles. The second-order valence-corrected chi connectivity index (χ2v) is 9.62. The van der Waals surface area contributed by atoms with Crippen LogP contribution in [0.3, 0.4) is 0 Å². The molecule has 3 nitrogen and oxygen atoms in total. The first-order valence-corrected chi connectivity index (χ1v) is 9.70. The van der Waals surface area contributed by atoms with E-state index in [1.165, 1.54) is 22.7 Å². The van der Waals surface area contributed by atoms with E-state index in [1.807, 2.05) is 23.5 Å². The molecule has 4 rings (SSSR count). The van der Waals surface area contributed by atoms with Crippen molar-refractivity contribution in [1.82, 2.24) is 9.38 Å². The average molecular weight is 355 g/mol. The number of hydrogen-bond donors (Lipinski definition) is 0. The molecule has 25 heavy (non-hydrogen) atoms. The highest BCUT2D eigenvalue weighted by Crippen LogP contribution is 2.50. The fourth-order valence-electron chi connectivity index (χ4n) is 4.71. The summed E-state index contributed by atoms with van der Waals surface area (Å²) in [7, 11) is 1.74. The largest absolute Gasteiger partial charge is 0.496 e. The normalized spacial score (nSPS) is 18.3. The summed E-state index contributed by atoms with van der Waals surface area (Å²) in [6, 6.07) is 8.26. The van der Waals surface area contributed by atoms with Gasteiger partial charge in [-0.15, -0.1) is 11.3 Å². The molecule has 0 radical (unpaired) electrons. The van der Waals surface area contributed by atoms with E-state index in [4.69, 9.17) is 9.72 Å². The van der Waals surface area contributed by atoms with E-state index >= 15 is 0 Å². The fraction of sp³-hybridized carbons (Fsp3) is 0.476. The lowest BCUT2D eigenvalue weighted by atomic mass is 9.67. The average Bonchev–Trinajstić information content (AvgIpc) is 3.01. The van der Waals surface area contributed by atoms with E-state index in [2.05, 4.69) is 51.2 Å². The maximum atomic E-state index is 5.64. The van der Waals surface area contributed by atoms with Gasteiger partial charge in [-0.1, -0.05) is 39.8 Å². The van der Waals surface area contributed by atoms with Gasteiger partial charge in [-0.2, -0.15) is 0 Å². The van der Waals surface area contributed by atoms with Crippen LogP contribution in [0, 0.1) is 12.3 Å². The molecule has 1 aliphatic carbocycles. The van der Waals surface area contributed by atoms with Crippen molar-refractivity contribution in [3.8, 4) is 17.0 Å². The first-order valence-electron chi connectivity index (χ1n) is 8.88. The molecule has 2 aromatic heterocycles. The molecule has 0 unspecified atom stereocenters. The van der Waals surface area contributed by atoms with E-state index in [0.717, 1.165) is 28.4 Å². The first kappa shape index (κ1) is 16.6. The van der Waals surface area contributed by atoms with Gasteiger partial charge in [0.25, 0.3) is 0 Å². The topological polar surface area (TPSA) is 26.5 Å². The Kier molecular flexibility index (Phi) is 3.56. The molecule has 0 N–H and O–H groups in total. The predicted octanol–water partition coefficient (Wildman–Crippen LogP) is 5.63. The van der Waals surface area contributed by atoms with Crippen LogP contribution in [0.1, 0.15) is 50.4 Å². The van der Waals surface area contributed by atoms with Gasteiger partial charge in [0, 0.05) is 21.5 Å². The zero-order chi connectivity index (χ0) is 18.0. The molecule has 0 fully saturated rings. The number of fused-ring (bicyclic) bond motifs is 3. The van der Waals surface area contributed by atoms with Crippen molar-refractivity contribution in [2.24, 2.45) is 5.41 Å². The number of aromatic nitrogens is 2. The molecule has 4 heteroatoms. The second-order valence-electron chi connectivity index (χ2n) is 8.64. The van der Waals surface area contributed by atoms with Crippen LogP contribution >= 0.6 is 11.3 Å². The minimum atomic E-state index is 0.189. The third-order valence-electron chi connectivity index (χ3n) is 5.29. The zero-order valence-corrected chi connectivity index (χ0v) is 16.8. The Morgan fingerprint density at radius 3 is 2.60 bits per heavy atom. The lowest BCUT2D eigenvalue weighted by Gasteiger charge is -2.40. The van der Waals surface area contributed by atoms with Gasteiger partial charge in [0.05, 0.1) is 18.5 Å². The van der Waals surface area contributed by atoms with Crippen molar-refractivity contribution >= 4 is 16.3 Å². The van der Waals surface area contributed by atoms with Crippen LogP contribution in [0.15, 0.2) is 24.3 Å². The van der Waals surface area contributed by atoms with Crippen LogP contribution in [0.25, 0.3) is 16.2 Å². The minimum absolute atomic E-state index is 0.189. The Morgan fingerprint density at radius 1 is 1.16 bits per heavy atom. The van der Waals surface area contributed by atoms with Crippen LogP contribution in [0.4, 0.5) is 0 Å². The number of aryl methyl sites for hydroxylation is 1. The summed E-state index contributed by atoms with van der Waals surface area (Å²) in [5, 5.41) is 0. The maximum absolute atomic E-state index is 5.64. The SMILES string of the molecule is COc1ccccc1-c1c(C)nc2sc3c(n12)CC(C)(C)CC3(C)C. The molecule has 1 aliphatic rings. The van der Waals surface area contributed by atoms with Gasteiger partial charge >= 0.3 is 0 Å². The molecule has 0 saturated carbocycles. The quantitative estimate of drug-likeness (QED) is 0.596. The molecule has 132 valence electrons. The lowest BCUT2D eigenvalue weighted by Crippen LogP contribution is -2.34. The van der Waals surface area contributed by atoms with Crippen LogP contribution in [0.5, 0.6) is 5.75 Å². The molecule has 2 heterocycles. The van der Waals surface area contributed by atoms with Crippen molar-refractivity contribution < 1.29 is 4.74 Å². The number of ether oxygens (including phenoxy) is 1. The predicted molar refractivity (Wildman–Crippen MR) is 105 cm³/mol. The summed E-state index contributed by atoms with van der Waals surface area (Å²) in [6.45, 7) is 11.6. The molecule has 0 aliphatic heterocycles. The molecular formula is C21H26N2OS. The van der Waals surface area contributed by atoms with Crippen LogP contribution < -0.4 is 4.74 Å². The zero-order valence-electron chi connectivity index (χ0n) is 15.9. The van der Waals surface area contributed by atoms with Gasteiger partial charge in [0.15, 0.2) is 4.96 Å². The van der Waals surface area contributed by atoms with Crippen LogP contribution in [-0.2, 0) is 11.8 Å². The van der Waals surface area contributed by atoms with Gasteiger partial charge < -0.3 is 4.74 Å². The van der Waals surface area contributed by atoms with Crippen molar-refractivity contribution in [3.05, 3.63) is 40.5 Å². The smallest absolute Gasteiger partial charge is 0.194 e. The Balaban J connectivity index is 2.05. The van der Waals surface area contributed by atoms with Crippen LogP contribution in [-0.4, -0.2) is 16.5 Å².